The quantitative estimate of drug-likeness (QED) is 0.543. The molecule has 3 aromatic rings. The number of carbonyl (C=O) groups is 3. The number of H-pyrrole nitrogens is 1. The fourth-order valence-electron chi connectivity index (χ4n) is 4.03. The zero-order valence-electron chi connectivity index (χ0n) is 19.4. The molecular formula is C25H24F2N4O4. The van der Waals surface area contributed by atoms with Crippen LogP contribution in [0.15, 0.2) is 42.7 Å². The summed E-state index contributed by atoms with van der Waals surface area (Å²) in [6, 6.07) is 5.15. The number of rotatable bonds is 5. The van der Waals surface area contributed by atoms with Crippen molar-refractivity contribution in [3.8, 4) is 0 Å². The van der Waals surface area contributed by atoms with Crippen molar-refractivity contribution in [2.45, 2.75) is 39.3 Å². The molecule has 0 saturated heterocycles. The van der Waals surface area contributed by atoms with Crippen molar-refractivity contribution in [2.24, 2.45) is 0 Å². The van der Waals surface area contributed by atoms with Gasteiger partial charge in [0.1, 0.15) is 11.7 Å². The van der Waals surface area contributed by atoms with Crippen LogP contribution in [-0.2, 0) is 20.7 Å². The minimum atomic E-state index is -1.20. The lowest BCUT2D eigenvalue weighted by Gasteiger charge is -2.27. The number of nitrogens with one attached hydrogen (secondary N) is 2. The highest BCUT2D eigenvalue weighted by atomic mass is 19.2. The second-order valence-corrected chi connectivity index (χ2v) is 8.33. The van der Waals surface area contributed by atoms with Crippen molar-refractivity contribution in [2.75, 3.05) is 6.54 Å². The van der Waals surface area contributed by atoms with Gasteiger partial charge in [-0.2, -0.15) is 0 Å². The van der Waals surface area contributed by atoms with E-state index in [2.05, 4.69) is 15.3 Å². The van der Waals surface area contributed by atoms with E-state index in [1.54, 1.807) is 39.1 Å². The summed E-state index contributed by atoms with van der Waals surface area (Å²) >= 11 is 0. The number of aromatic nitrogens is 2. The van der Waals surface area contributed by atoms with Gasteiger partial charge in [-0.3, -0.25) is 9.59 Å². The van der Waals surface area contributed by atoms with E-state index in [1.165, 1.54) is 6.20 Å². The first kappa shape index (κ1) is 24.1. The molecule has 1 unspecified atom stereocenters. The van der Waals surface area contributed by atoms with Gasteiger partial charge in [0.05, 0.1) is 17.4 Å². The molecule has 0 fully saturated rings. The Kier molecular flexibility index (Phi) is 6.63. The van der Waals surface area contributed by atoms with Gasteiger partial charge in [-0.1, -0.05) is 0 Å². The molecule has 0 spiro atoms. The van der Waals surface area contributed by atoms with Crippen LogP contribution in [0, 0.1) is 11.6 Å². The lowest BCUT2D eigenvalue weighted by atomic mass is 10.0. The third kappa shape index (κ3) is 4.64. The highest BCUT2D eigenvalue weighted by Gasteiger charge is 2.37. The summed E-state index contributed by atoms with van der Waals surface area (Å²) in [5.41, 5.74) is 1.32. The lowest BCUT2D eigenvalue weighted by Crippen LogP contribution is -2.48. The summed E-state index contributed by atoms with van der Waals surface area (Å²) in [4.78, 5) is 48.2. The van der Waals surface area contributed by atoms with Crippen molar-refractivity contribution in [1.29, 1.82) is 0 Å². The molecule has 0 aliphatic carbocycles. The molecule has 1 aliphatic heterocycles. The average Bonchev–Trinajstić information content (AvgIpc) is 3.08. The molecule has 1 aromatic carbocycles. The van der Waals surface area contributed by atoms with Crippen LogP contribution in [-0.4, -0.2) is 51.3 Å². The number of benzene rings is 1. The van der Waals surface area contributed by atoms with E-state index in [1.807, 2.05) is 0 Å². The van der Waals surface area contributed by atoms with E-state index < -0.39 is 41.6 Å². The zero-order valence-corrected chi connectivity index (χ0v) is 19.4. The van der Waals surface area contributed by atoms with Crippen LogP contribution in [0.5, 0.6) is 0 Å². The van der Waals surface area contributed by atoms with Gasteiger partial charge in [-0.25, -0.2) is 18.6 Å². The third-order valence-corrected chi connectivity index (χ3v) is 5.57. The molecule has 2 aromatic heterocycles. The number of pyridine rings is 1. The maximum atomic E-state index is 13.9. The Bertz CT molecular complexity index is 1350. The van der Waals surface area contributed by atoms with Gasteiger partial charge in [0.25, 0.3) is 5.91 Å². The molecule has 1 atom stereocenters. The number of esters is 1. The molecule has 4 rings (SSSR count). The van der Waals surface area contributed by atoms with Crippen molar-refractivity contribution in [3.63, 3.8) is 0 Å². The highest BCUT2D eigenvalue weighted by Crippen LogP contribution is 2.33. The van der Waals surface area contributed by atoms with Gasteiger partial charge in [0, 0.05) is 36.3 Å². The SMILES string of the molecule is CCNC(=O)C1Cc2c([nH]c3ncccc23)C(C(=O)OC(C)C)=CN1C(=O)c1ccc(F)c(F)c1. The lowest BCUT2D eigenvalue weighted by molar-refractivity contribution is -0.140. The Balaban J connectivity index is 1.92. The highest BCUT2D eigenvalue weighted by molar-refractivity contribution is 6.18. The van der Waals surface area contributed by atoms with E-state index >= 15 is 0 Å². The monoisotopic (exact) mass is 482 g/mol. The average molecular weight is 482 g/mol. The first-order chi connectivity index (χ1) is 16.7. The van der Waals surface area contributed by atoms with Crippen molar-refractivity contribution in [1.82, 2.24) is 20.2 Å². The Labute approximate surface area is 200 Å². The number of hydrogen-bond donors (Lipinski definition) is 2. The number of carbonyl (C=O) groups excluding carboxylic acids is 3. The number of ether oxygens (including phenoxy) is 1. The molecule has 3 heterocycles. The van der Waals surface area contributed by atoms with Crippen molar-refractivity contribution in [3.05, 3.63) is 71.2 Å². The normalized spacial score (nSPS) is 15.4. The van der Waals surface area contributed by atoms with E-state index in [9.17, 15) is 23.2 Å². The van der Waals surface area contributed by atoms with Gasteiger partial charge >= 0.3 is 5.97 Å². The summed E-state index contributed by atoms with van der Waals surface area (Å²) in [7, 11) is 0. The molecular weight excluding hydrogens is 458 g/mol. The number of halogens is 2. The van der Waals surface area contributed by atoms with Crippen LogP contribution in [0.3, 0.4) is 0 Å². The fraction of sp³-hybridized carbons (Fsp3) is 0.280. The summed E-state index contributed by atoms with van der Waals surface area (Å²) in [6.45, 7) is 5.41. The molecule has 8 nitrogen and oxygen atoms in total. The van der Waals surface area contributed by atoms with E-state index in [0.717, 1.165) is 23.1 Å². The molecule has 35 heavy (non-hydrogen) atoms. The number of nitrogens with zero attached hydrogens (tertiary/aromatic N) is 2. The molecule has 182 valence electrons. The second-order valence-electron chi connectivity index (χ2n) is 8.33. The summed E-state index contributed by atoms with van der Waals surface area (Å²) < 4.78 is 32.8. The predicted molar refractivity (Wildman–Crippen MR) is 124 cm³/mol. The Morgan fingerprint density at radius 3 is 2.69 bits per heavy atom. The summed E-state index contributed by atoms with van der Waals surface area (Å²) in [5, 5.41) is 3.39. The summed E-state index contributed by atoms with van der Waals surface area (Å²) in [6.07, 6.45) is 2.41. The number of fused-ring (bicyclic) bond motifs is 3. The van der Waals surface area contributed by atoms with Crippen LogP contribution in [0.25, 0.3) is 16.6 Å². The molecule has 1 aliphatic rings. The Morgan fingerprint density at radius 1 is 1.23 bits per heavy atom. The van der Waals surface area contributed by atoms with Gasteiger partial charge in [0.2, 0.25) is 5.91 Å². The molecule has 0 saturated carbocycles. The molecule has 2 amide bonds. The minimum absolute atomic E-state index is 0.00873. The standard InChI is InChI=1S/C25H24F2N4O4/c1-4-28-23(32)20-11-16-15-6-5-9-29-22(15)30-21(16)17(25(34)35-13(2)3)12-31(20)24(33)14-7-8-18(26)19(27)10-14/h5-10,12-13,20H,4,11H2,1-3H3,(H,28,32)(H,29,30). The van der Waals surface area contributed by atoms with Gasteiger partial charge in [0.15, 0.2) is 11.6 Å². The van der Waals surface area contributed by atoms with Gasteiger partial charge < -0.3 is 19.9 Å². The van der Waals surface area contributed by atoms with E-state index in [4.69, 9.17) is 4.74 Å². The maximum absolute atomic E-state index is 13.9. The van der Waals surface area contributed by atoms with Crippen molar-refractivity contribution < 1.29 is 27.9 Å². The second kappa shape index (κ2) is 9.65. The third-order valence-electron chi connectivity index (χ3n) is 5.57. The first-order valence-corrected chi connectivity index (χ1v) is 11.1. The number of aromatic amines is 1. The maximum Gasteiger partial charge on any atom is 0.342 e. The predicted octanol–water partition coefficient (Wildman–Crippen LogP) is 3.34. The number of hydrogen-bond acceptors (Lipinski definition) is 5. The Hall–Kier alpha value is -4.08. The number of likely N-dealkylation sites (N-methyl/N-ethyl adjacent to an activating group) is 1. The van der Waals surface area contributed by atoms with Crippen LogP contribution in [0.2, 0.25) is 0 Å². The molecule has 0 radical (unpaired) electrons. The molecule has 2 N–H and O–H groups in total. The smallest absolute Gasteiger partial charge is 0.342 e. The van der Waals surface area contributed by atoms with Crippen LogP contribution >= 0.6 is 0 Å². The van der Waals surface area contributed by atoms with Crippen molar-refractivity contribution >= 4 is 34.4 Å². The van der Waals surface area contributed by atoms with Gasteiger partial charge in [-0.05, 0) is 56.7 Å². The Morgan fingerprint density at radius 2 is 2.00 bits per heavy atom. The number of amides is 2. The zero-order chi connectivity index (χ0) is 25.3. The molecule has 0 bridgehead atoms. The summed E-state index contributed by atoms with van der Waals surface area (Å²) in [5.74, 6) is -4.27. The van der Waals surface area contributed by atoms with Crippen LogP contribution in [0.4, 0.5) is 8.78 Å². The fourth-order valence-corrected chi connectivity index (χ4v) is 4.03. The molecule has 10 heteroatoms. The van der Waals surface area contributed by atoms with Crippen LogP contribution < -0.4 is 5.32 Å². The van der Waals surface area contributed by atoms with E-state index in [0.29, 0.717) is 28.8 Å². The topological polar surface area (TPSA) is 104 Å². The van der Waals surface area contributed by atoms with Gasteiger partial charge in [-0.15, -0.1) is 0 Å². The largest absolute Gasteiger partial charge is 0.459 e. The minimum Gasteiger partial charge on any atom is -0.459 e. The van der Waals surface area contributed by atoms with Crippen LogP contribution in [0.1, 0.15) is 42.4 Å². The first-order valence-electron chi connectivity index (χ1n) is 11.1. The van der Waals surface area contributed by atoms with E-state index in [-0.39, 0.29) is 17.6 Å².